The number of amides is 1. The fourth-order valence-corrected chi connectivity index (χ4v) is 2.80. The topological polar surface area (TPSA) is 51.5 Å². The number of anilines is 1. The third-order valence-electron chi connectivity index (χ3n) is 4.22. The summed E-state index contributed by atoms with van der Waals surface area (Å²) in [6.07, 6.45) is 2.08. The standard InChI is InChI=1S/C21H23NO3/c1-4-5-12-24-16-10-11-19-17(13-16)20(15(3)25-19)21(23)22-18-9-7-6-8-14(18)2/h6-11,13H,4-5,12H2,1-3H3,(H,22,23). The van der Waals surface area contributed by atoms with Crippen LogP contribution in [0.5, 0.6) is 5.75 Å². The molecule has 1 N–H and O–H groups in total. The quantitative estimate of drug-likeness (QED) is 0.606. The van der Waals surface area contributed by atoms with Crippen LogP contribution in [-0.2, 0) is 0 Å². The summed E-state index contributed by atoms with van der Waals surface area (Å²) in [7, 11) is 0. The van der Waals surface area contributed by atoms with Gasteiger partial charge in [-0.3, -0.25) is 4.79 Å². The van der Waals surface area contributed by atoms with Gasteiger partial charge in [-0.2, -0.15) is 0 Å². The van der Waals surface area contributed by atoms with E-state index in [1.54, 1.807) is 0 Å². The van der Waals surface area contributed by atoms with Crippen molar-refractivity contribution in [3.63, 3.8) is 0 Å². The lowest BCUT2D eigenvalue weighted by molar-refractivity contribution is 0.102. The van der Waals surface area contributed by atoms with Crippen LogP contribution in [0.15, 0.2) is 46.9 Å². The molecule has 0 unspecified atom stereocenters. The Labute approximate surface area is 147 Å². The second-order valence-electron chi connectivity index (χ2n) is 6.16. The summed E-state index contributed by atoms with van der Waals surface area (Å²) in [6.45, 7) is 6.57. The number of aryl methyl sites for hydroxylation is 2. The molecule has 25 heavy (non-hydrogen) atoms. The summed E-state index contributed by atoms with van der Waals surface area (Å²) in [4.78, 5) is 12.8. The number of benzene rings is 2. The van der Waals surface area contributed by atoms with Gasteiger partial charge >= 0.3 is 0 Å². The monoisotopic (exact) mass is 337 g/mol. The van der Waals surface area contributed by atoms with Crippen molar-refractivity contribution in [1.82, 2.24) is 0 Å². The van der Waals surface area contributed by atoms with Crippen molar-refractivity contribution in [2.24, 2.45) is 0 Å². The molecule has 1 amide bonds. The predicted molar refractivity (Wildman–Crippen MR) is 100 cm³/mol. The van der Waals surface area contributed by atoms with Crippen molar-refractivity contribution in [2.75, 3.05) is 11.9 Å². The number of rotatable bonds is 6. The van der Waals surface area contributed by atoms with E-state index in [1.165, 1.54) is 0 Å². The Hall–Kier alpha value is -2.75. The number of unbranched alkanes of at least 4 members (excludes halogenated alkanes) is 1. The van der Waals surface area contributed by atoms with E-state index < -0.39 is 0 Å². The zero-order valence-corrected chi connectivity index (χ0v) is 14.9. The zero-order chi connectivity index (χ0) is 17.8. The first-order chi connectivity index (χ1) is 12.1. The normalized spacial score (nSPS) is 10.8. The summed E-state index contributed by atoms with van der Waals surface area (Å²) in [5.74, 6) is 1.19. The Morgan fingerprint density at radius 1 is 1.16 bits per heavy atom. The number of nitrogens with one attached hydrogen (secondary N) is 1. The first-order valence-electron chi connectivity index (χ1n) is 8.63. The molecular weight excluding hydrogens is 314 g/mol. The van der Waals surface area contributed by atoms with Crippen molar-refractivity contribution < 1.29 is 13.9 Å². The highest BCUT2D eigenvalue weighted by Gasteiger charge is 2.19. The SMILES string of the molecule is CCCCOc1ccc2oc(C)c(C(=O)Nc3ccccc3C)c2c1. The lowest BCUT2D eigenvalue weighted by Crippen LogP contribution is -2.13. The second-order valence-corrected chi connectivity index (χ2v) is 6.16. The lowest BCUT2D eigenvalue weighted by atomic mass is 10.1. The summed E-state index contributed by atoms with van der Waals surface area (Å²) in [6, 6.07) is 13.3. The van der Waals surface area contributed by atoms with Crippen LogP contribution >= 0.6 is 0 Å². The number of carbonyl (C=O) groups is 1. The first kappa shape index (κ1) is 17.1. The van der Waals surface area contributed by atoms with Crippen LogP contribution in [0.25, 0.3) is 11.0 Å². The smallest absolute Gasteiger partial charge is 0.259 e. The van der Waals surface area contributed by atoms with Gasteiger partial charge in [0, 0.05) is 11.1 Å². The van der Waals surface area contributed by atoms with Crippen LogP contribution < -0.4 is 10.1 Å². The predicted octanol–water partition coefficient (Wildman–Crippen LogP) is 5.48. The molecule has 130 valence electrons. The van der Waals surface area contributed by atoms with E-state index in [-0.39, 0.29) is 5.91 Å². The maximum Gasteiger partial charge on any atom is 0.259 e. The minimum absolute atomic E-state index is 0.170. The molecule has 1 aromatic heterocycles. The molecule has 1 heterocycles. The van der Waals surface area contributed by atoms with Crippen LogP contribution in [0.1, 0.15) is 41.4 Å². The van der Waals surface area contributed by atoms with E-state index >= 15 is 0 Å². The summed E-state index contributed by atoms with van der Waals surface area (Å²) in [5.41, 5.74) is 3.07. The van der Waals surface area contributed by atoms with Gasteiger partial charge in [-0.25, -0.2) is 0 Å². The van der Waals surface area contributed by atoms with Gasteiger partial charge in [0.1, 0.15) is 17.1 Å². The van der Waals surface area contributed by atoms with Crippen LogP contribution in [0, 0.1) is 13.8 Å². The summed E-state index contributed by atoms with van der Waals surface area (Å²) < 4.78 is 11.5. The zero-order valence-electron chi connectivity index (χ0n) is 14.9. The molecule has 0 bridgehead atoms. The lowest BCUT2D eigenvalue weighted by Gasteiger charge is -2.08. The third kappa shape index (κ3) is 3.68. The number of hydrogen-bond acceptors (Lipinski definition) is 3. The highest BCUT2D eigenvalue weighted by atomic mass is 16.5. The number of ether oxygens (including phenoxy) is 1. The Morgan fingerprint density at radius 3 is 2.72 bits per heavy atom. The van der Waals surface area contributed by atoms with E-state index in [9.17, 15) is 4.79 Å². The van der Waals surface area contributed by atoms with Crippen LogP contribution in [-0.4, -0.2) is 12.5 Å². The molecule has 0 aliphatic carbocycles. The molecular formula is C21H23NO3. The molecule has 0 fully saturated rings. The molecule has 4 heteroatoms. The van der Waals surface area contributed by atoms with Crippen molar-refractivity contribution in [3.8, 4) is 5.75 Å². The third-order valence-corrected chi connectivity index (χ3v) is 4.22. The molecule has 3 aromatic rings. The van der Waals surface area contributed by atoms with Crippen molar-refractivity contribution in [3.05, 3.63) is 59.4 Å². The number of carbonyl (C=O) groups excluding carboxylic acids is 1. The molecule has 0 atom stereocenters. The minimum Gasteiger partial charge on any atom is -0.494 e. The molecule has 0 spiro atoms. The van der Waals surface area contributed by atoms with Gasteiger partial charge in [0.2, 0.25) is 0 Å². The fourth-order valence-electron chi connectivity index (χ4n) is 2.80. The van der Waals surface area contributed by atoms with Gasteiger partial charge in [0.15, 0.2) is 0 Å². The van der Waals surface area contributed by atoms with E-state index in [0.717, 1.165) is 35.2 Å². The average Bonchev–Trinajstić information content (AvgIpc) is 2.92. The second kappa shape index (κ2) is 7.43. The van der Waals surface area contributed by atoms with Gasteiger partial charge in [-0.1, -0.05) is 31.5 Å². The summed E-state index contributed by atoms with van der Waals surface area (Å²) in [5, 5.41) is 3.75. The van der Waals surface area contributed by atoms with Crippen molar-refractivity contribution in [2.45, 2.75) is 33.6 Å². The Bertz CT molecular complexity index is 895. The molecule has 0 radical (unpaired) electrons. The number of furan rings is 1. The number of hydrogen-bond donors (Lipinski definition) is 1. The maximum atomic E-state index is 12.8. The van der Waals surface area contributed by atoms with E-state index in [1.807, 2.05) is 56.3 Å². The Morgan fingerprint density at radius 2 is 1.96 bits per heavy atom. The molecule has 2 aromatic carbocycles. The number of para-hydroxylation sites is 1. The van der Waals surface area contributed by atoms with Gasteiger partial charge in [0.25, 0.3) is 5.91 Å². The highest BCUT2D eigenvalue weighted by molar-refractivity contribution is 6.13. The maximum absolute atomic E-state index is 12.8. The van der Waals surface area contributed by atoms with Crippen molar-refractivity contribution >= 4 is 22.6 Å². The van der Waals surface area contributed by atoms with Gasteiger partial charge < -0.3 is 14.5 Å². The van der Waals surface area contributed by atoms with Crippen molar-refractivity contribution in [1.29, 1.82) is 0 Å². The molecule has 0 saturated carbocycles. The average molecular weight is 337 g/mol. The fraction of sp³-hybridized carbons (Fsp3) is 0.286. The van der Waals surface area contributed by atoms with Crippen LogP contribution in [0.2, 0.25) is 0 Å². The Balaban J connectivity index is 1.91. The van der Waals surface area contributed by atoms with E-state index in [0.29, 0.717) is 23.5 Å². The van der Waals surface area contributed by atoms with Crippen LogP contribution in [0.3, 0.4) is 0 Å². The van der Waals surface area contributed by atoms with E-state index in [4.69, 9.17) is 9.15 Å². The number of fused-ring (bicyclic) bond motifs is 1. The molecule has 0 aliphatic heterocycles. The minimum atomic E-state index is -0.170. The van der Waals surface area contributed by atoms with Gasteiger partial charge in [-0.05, 0) is 50.1 Å². The van der Waals surface area contributed by atoms with Gasteiger partial charge in [0.05, 0.1) is 12.2 Å². The molecule has 0 aliphatic rings. The molecule has 4 nitrogen and oxygen atoms in total. The first-order valence-corrected chi connectivity index (χ1v) is 8.63. The highest BCUT2D eigenvalue weighted by Crippen LogP contribution is 2.30. The molecule has 3 rings (SSSR count). The molecule has 0 saturated heterocycles. The van der Waals surface area contributed by atoms with E-state index in [2.05, 4.69) is 12.2 Å². The largest absolute Gasteiger partial charge is 0.494 e. The van der Waals surface area contributed by atoms with Gasteiger partial charge in [-0.15, -0.1) is 0 Å². The van der Waals surface area contributed by atoms with Crippen LogP contribution in [0.4, 0.5) is 5.69 Å². The summed E-state index contributed by atoms with van der Waals surface area (Å²) >= 11 is 0. The Kier molecular flexibility index (Phi) is 5.08.